The molecule has 1 aromatic rings. The normalized spacial score (nSPS) is 10.7. The Bertz CT molecular complexity index is 243. The van der Waals surface area contributed by atoms with Gasteiger partial charge >= 0.3 is 0 Å². The maximum Gasteiger partial charge on any atom is 0.0166 e. The molecule has 0 aliphatic rings. The number of nitrogens with two attached hydrogens (primary N) is 1. The fourth-order valence-corrected chi connectivity index (χ4v) is 1.19. The highest BCUT2D eigenvalue weighted by Gasteiger charge is 1.97. The molecule has 0 heterocycles. The van der Waals surface area contributed by atoms with Crippen LogP contribution in [0.2, 0.25) is 0 Å². The Kier molecular flexibility index (Phi) is 3.26. The van der Waals surface area contributed by atoms with E-state index in [1.54, 1.807) is 5.01 Å². The highest BCUT2D eigenvalue weighted by molar-refractivity contribution is 5.25. The van der Waals surface area contributed by atoms with Crippen LogP contribution in [0.3, 0.4) is 0 Å². The largest absolute Gasteiger partial charge is 0.269 e. The first-order chi connectivity index (χ1) is 5.70. The molecule has 0 aromatic heterocycles. The molecule has 1 aromatic carbocycles. The van der Waals surface area contributed by atoms with Crippen molar-refractivity contribution in [3.8, 4) is 0 Å². The molecule has 0 amide bonds. The Morgan fingerprint density at radius 2 is 2.00 bits per heavy atom. The molecule has 2 nitrogen and oxygen atoms in total. The molecule has 0 aliphatic heterocycles. The van der Waals surface area contributed by atoms with Crippen molar-refractivity contribution in [1.82, 2.24) is 5.01 Å². The van der Waals surface area contributed by atoms with Crippen LogP contribution in [-0.4, -0.2) is 18.6 Å². The SMILES string of the molecule is Cc1ccccc1CCN(C)N. The van der Waals surface area contributed by atoms with E-state index in [-0.39, 0.29) is 0 Å². The molecule has 0 radical (unpaired) electrons. The lowest BCUT2D eigenvalue weighted by molar-refractivity contribution is 0.353. The van der Waals surface area contributed by atoms with Gasteiger partial charge in [0.1, 0.15) is 0 Å². The maximum atomic E-state index is 5.52. The summed E-state index contributed by atoms with van der Waals surface area (Å²) in [5, 5.41) is 1.71. The van der Waals surface area contributed by atoms with Crippen molar-refractivity contribution in [2.24, 2.45) is 5.84 Å². The lowest BCUT2D eigenvalue weighted by Crippen LogP contribution is -2.28. The van der Waals surface area contributed by atoms with E-state index in [1.807, 2.05) is 7.05 Å². The van der Waals surface area contributed by atoms with Crippen molar-refractivity contribution in [2.75, 3.05) is 13.6 Å². The molecule has 66 valence electrons. The molecular weight excluding hydrogens is 148 g/mol. The van der Waals surface area contributed by atoms with Gasteiger partial charge in [0.15, 0.2) is 0 Å². The van der Waals surface area contributed by atoms with Gasteiger partial charge in [-0.1, -0.05) is 24.3 Å². The van der Waals surface area contributed by atoms with E-state index >= 15 is 0 Å². The van der Waals surface area contributed by atoms with Crippen LogP contribution < -0.4 is 5.84 Å². The van der Waals surface area contributed by atoms with E-state index in [0.717, 1.165) is 13.0 Å². The molecule has 2 N–H and O–H groups in total. The summed E-state index contributed by atoms with van der Waals surface area (Å²) in [5.74, 6) is 5.52. The topological polar surface area (TPSA) is 29.3 Å². The van der Waals surface area contributed by atoms with Gasteiger partial charge in [-0.2, -0.15) is 0 Å². The third-order valence-corrected chi connectivity index (χ3v) is 2.00. The molecule has 0 bridgehead atoms. The molecule has 0 unspecified atom stereocenters. The molecule has 0 atom stereocenters. The molecule has 2 heteroatoms. The van der Waals surface area contributed by atoms with E-state index in [4.69, 9.17) is 5.84 Å². The van der Waals surface area contributed by atoms with Gasteiger partial charge < -0.3 is 0 Å². The summed E-state index contributed by atoms with van der Waals surface area (Å²) in [6, 6.07) is 8.41. The van der Waals surface area contributed by atoms with Crippen LogP contribution in [0.25, 0.3) is 0 Å². The zero-order chi connectivity index (χ0) is 8.97. The average Bonchev–Trinajstić information content (AvgIpc) is 2.03. The van der Waals surface area contributed by atoms with E-state index in [1.165, 1.54) is 11.1 Å². The number of hydrogen-bond acceptors (Lipinski definition) is 2. The summed E-state index contributed by atoms with van der Waals surface area (Å²) < 4.78 is 0. The van der Waals surface area contributed by atoms with Crippen LogP contribution in [0.15, 0.2) is 24.3 Å². The Hall–Kier alpha value is -0.860. The first-order valence-corrected chi connectivity index (χ1v) is 4.20. The van der Waals surface area contributed by atoms with Gasteiger partial charge in [0, 0.05) is 13.6 Å². The molecule has 12 heavy (non-hydrogen) atoms. The van der Waals surface area contributed by atoms with Crippen molar-refractivity contribution < 1.29 is 0 Å². The van der Waals surface area contributed by atoms with Crippen LogP contribution in [0.1, 0.15) is 11.1 Å². The zero-order valence-corrected chi connectivity index (χ0v) is 7.75. The number of hydrogen-bond donors (Lipinski definition) is 1. The molecule has 0 saturated heterocycles. The van der Waals surface area contributed by atoms with E-state index < -0.39 is 0 Å². The molecule has 0 fully saturated rings. The summed E-state index contributed by atoms with van der Waals surface area (Å²) >= 11 is 0. The van der Waals surface area contributed by atoms with Gasteiger partial charge in [0.05, 0.1) is 0 Å². The van der Waals surface area contributed by atoms with Crippen molar-refractivity contribution in [3.05, 3.63) is 35.4 Å². The second-order valence-electron chi connectivity index (χ2n) is 3.16. The van der Waals surface area contributed by atoms with Crippen molar-refractivity contribution in [3.63, 3.8) is 0 Å². The molecule has 0 saturated carbocycles. The number of aryl methyl sites for hydroxylation is 1. The van der Waals surface area contributed by atoms with Gasteiger partial charge in [-0.25, -0.2) is 5.01 Å². The Balaban J connectivity index is 2.57. The van der Waals surface area contributed by atoms with Crippen LogP contribution in [0.5, 0.6) is 0 Å². The standard InChI is InChI=1S/C10H16N2/c1-9-5-3-4-6-10(9)7-8-12(2)11/h3-6H,7-8,11H2,1-2H3. The lowest BCUT2D eigenvalue weighted by Gasteiger charge is -2.10. The van der Waals surface area contributed by atoms with Crippen LogP contribution in [0, 0.1) is 6.92 Å². The van der Waals surface area contributed by atoms with Gasteiger partial charge in [-0.05, 0) is 24.5 Å². The quantitative estimate of drug-likeness (QED) is 0.539. The molecule has 1 rings (SSSR count). The summed E-state index contributed by atoms with van der Waals surface area (Å²) in [7, 11) is 1.89. The highest BCUT2D eigenvalue weighted by Crippen LogP contribution is 2.07. The van der Waals surface area contributed by atoms with Gasteiger partial charge in [0.2, 0.25) is 0 Å². The number of nitrogens with zero attached hydrogens (tertiary/aromatic N) is 1. The first kappa shape index (κ1) is 9.23. The summed E-state index contributed by atoms with van der Waals surface area (Å²) in [6.07, 6.45) is 1.03. The molecular formula is C10H16N2. The smallest absolute Gasteiger partial charge is 0.0166 e. The maximum absolute atomic E-state index is 5.52. The Labute approximate surface area is 74.0 Å². The minimum Gasteiger partial charge on any atom is -0.269 e. The summed E-state index contributed by atoms with van der Waals surface area (Å²) in [5.41, 5.74) is 2.73. The van der Waals surface area contributed by atoms with Crippen molar-refractivity contribution >= 4 is 0 Å². The Morgan fingerprint density at radius 3 is 2.58 bits per heavy atom. The number of hydrazine groups is 1. The monoisotopic (exact) mass is 164 g/mol. The van der Waals surface area contributed by atoms with Crippen LogP contribution >= 0.6 is 0 Å². The summed E-state index contributed by atoms with van der Waals surface area (Å²) in [4.78, 5) is 0. The van der Waals surface area contributed by atoms with Gasteiger partial charge in [0.25, 0.3) is 0 Å². The van der Waals surface area contributed by atoms with Crippen molar-refractivity contribution in [1.29, 1.82) is 0 Å². The highest BCUT2D eigenvalue weighted by atomic mass is 15.4. The van der Waals surface area contributed by atoms with Gasteiger partial charge in [-0.15, -0.1) is 0 Å². The average molecular weight is 164 g/mol. The minimum atomic E-state index is 0.908. The second kappa shape index (κ2) is 4.24. The fourth-order valence-electron chi connectivity index (χ4n) is 1.19. The van der Waals surface area contributed by atoms with Crippen molar-refractivity contribution in [2.45, 2.75) is 13.3 Å². The number of likely N-dealkylation sites (N-methyl/N-ethyl adjacent to an activating group) is 1. The van der Waals surface area contributed by atoms with E-state index in [2.05, 4.69) is 31.2 Å². The zero-order valence-electron chi connectivity index (χ0n) is 7.75. The van der Waals surface area contributed by atoms with E-state index in [0.29, 0.717) is 0 Å². The third kappa shape index (κ3) is 2.64. The second-order valence-corrected chi connectivity index (χ2v) is 3.16. The fraction of sp³-hybridized carbons (Fsp3) is 0.400. The minimum absolute atomic E-state index is 0.908. The number of benzene rings is 1. The summed E-state index contributed by atoms with van der Waals surface area (Å²) in [6.45, 7) is 3.04. The van der Waals surface area contributed by atoms with Gasteiger partial charge in [-0.3, -0.25) is 5.84 Å². The molecule has 0 spiro atoms. The molecule has 0 aliphatic carbocycles. The first-order valence-electron chi connectivity index (χ1n) is 4.20. The predicted molar refractivity (Wildman–Crippen MR) is 51.7 cm³/mol. The third-order valence-electron chi connectivity index (χ3n) is 2.00. The Morgan fingerprint density at radius 1 is 1.33 bits per heavy atom. The lowest BCUT2D eigenvalue weighted by atomic mass is 10.1. The number of rotatable bonds is 3. The predicted octanol–water partition coefficient (Wildman–Crippen LogP) is 1.34. The van der Waals surface area contributed by atoms with E-state index in [9.17, 15) is 0 Å². The van der Waals surface area contributed by atoms with Crippen LogP contribution in [-0.2, 0) is 6.42 Å². The van der Waals surface area contributed by atoms with Crippen LogP contribution in [0.4, 0.5) is 0 Å².